The summed E-state index contributed by atoms with van der Waals surface area (Å²) in [5.74, 6) is 0.870. The van der Waals surface area contributed by atoms with Crippen LogP contribution in [0.5, 0.6) is 5.75 Å². The average molecular weight is 397 g/mol. The van der Waals surface area contributed by atoms with Crippen molar-refractivity contribution in [3.05, 3.63) is 59.7 Å². The molecule has 1 N–H and O–H groups in total. The summed E-state index contributed by atoms with van der Waals surface area (Å²) in [5.41, 5.74) is 1.89. The number of para-hydroxylation sites is 1. The van der Waals surface area contributed by atoms with Gasteiger partial charge in [-0.2, -0.15) is 0 Å². The third-order valence-corrected chi connectivity index (χ3v) is 5.52. The molecule has 2 aromatic carbocycles. The highest BCUT2D eigenvalue weighted by atomic mass is 16.5. The van der Waals surface area contributed by atoms with Crippen LogP contribution in [0, 0.1) is 0 Å². The summed E-state index contributed by atoms with van der Waals surface area (Å²) >= 11 is 0. The minimum absolute atomic E-state index is 0.00940. The number of amides is 1. The van der Waals surface area contributed by atoms with Crippen molar-refractivity contribution in [1.82, 2.24) is 4.90 Å². The smallest absolute Gasteiger partial charge is 0.258 e. The molecule has 0 aromatic heterocycles. The van der Waals surface area contributed by atoms with Crippen molar-refractivity contribution in [1.29, 1.82) is 0 Å². The van der Waals surface area contributed by atoms with Crippen LogP contribution < -0.4 is 10.1 Å². The van der Waals surface area contributed by atoms with Crippen LogP contribution in [0.25, 0.3) is 0 Å². The number of hydrogen-bond donors (Lipinski definition) is 1. The van der Waals surface area contributed by atoms with E-state index in [-0.39, 0.29) is 5.91 Å². The van der Waals surface area contributed by atoms with Gasteiger partial charge in [0.05, 0.1) is 18.8 Å². The molecule has 1 atom stereocenters. The molecule has 5 heteroatoms. The Hall–Kier alpha value is -2.53. The summed E-state index contributed by atoms with van der Waals surface area (Å²) in [5, 5.41) is 3.57. The molecule has 1 unspecified atom stereocenters. The maximum Gasteiger partial charge on any atom is 0.258 e. The number of hydrogen-bond acceptors (Lipinski definition) is 4. The van der Waals surface area contributed by atoms with Gasteiger partial charge in [0.1, 0.15) is 11.4 Å². The number of anilines is 1. The highest BCUT2D eigenvalue weighted by Crippen LogP contribution is 2.38. The van der Waals surface area contributed by atoms with Crippen molar-refractivity contribution in [3.8, 4) is 5.75 Å². The van der Waals surface area contributed by atoms with Crippen LogP contribution in [0.3, 0.4) is 0 Å². The number of carbonyl (C=O) groups excluding carboxylic acids is 1. The lowest BCUT2D eigenvalue weighted by Gasteiger charge is -2.46. The van der Waals surface area contributed by atoms with E-state index in [1.165, 1.54) is 19.3 Å². The first-order valence-electron chi connectivity index (χ1n) is 10.5. The molecule has 5 nitrogen and oxygen atoms in total. The number of fused-ring (bicyclic) bond motifs is 1. The minimum Gasteiger partial charge on any atom is -0.494 e. The molecule has 0 spiro atoms. The third kappa shape index (κ3) is 4.73. The fourth-order valence-corrected chi connectivity index (χ4v) is 3.79. The van der Waals surface area contributed by atoms with Crippen molar-refractivity contribution in [2.45, 2.75) is 45.2 Å². The van der Waals surface area contributed by atoms with Gasteiger partial charge in [-0.3, -0.25) is 4.79 Å². The van der Waals surface area contributed by atoms with Crippen molar-refractivity contribution in [2.75, 3.05) is 32.2 Å². The van der Waals surface area contributed by atoms with Crippen LogP contribution in [-0.2, 0) is 10.4 Å². The monoisotopic (exact) mass is 396 g/mol. The lowest BCUT2D eigenvalue weighted by atomic mass is 9.93. The van der Waals surface area contributed by atoms with Crippen molar-refractivity contribution < 1.29 is 14.3 Å². The van der Waals surface area contributed by atoms with Crippen molar-refractivity contribution in [3.63, 3.8) is 0 Å². The molecule has 3 rings (SSSR count). The number of methoxy groups -OCH3 is 1. The molecule has 1 aliphatic heterocycles. The molecule has 1 aliphatic rings. The van der Waals surface area contributed by atoms with Crippen molar-refractivity contribution in [2.24, 2.45) is 0 Å². The summed E-state index contributed by atoms with van der Waals surface area (Å²) in [7, 11) is 1.65. The van der Waals surface area contributed by atoms with E-state index in [0.717, 1.165) is 30.0 Å². The number of nitrogens with one attached hydrogen (secondary N) is 1. The summed E-state index contributed by atoms with van der Waals surface area (Å²) in [6.45, 7) is 5.96. The minimum atomic E-state index is -0.663. The second kappa shape index (κ2) is 9.79. The van der Waals surface area contributed by atoms with Gasteiger partial charge in [0.15, 0.2) is 0 Å². The Morgan fingerprint density at radius 3 is 2.48 bits per heavy atom. The second-order valence-electron chi connectivity index (χ2n) is 7.63. The maximum atomic E-state index is 13.2. The average Bonchev–Trinajstić information content (AvgIpc) is 2.74. The summed E-state index contributed by atoms with van der Waals surface area (Å²) in [4.78, 5) is 15.1. The van der Waals surface area contributed by atoms with E-state index in [1.54, 1.807) is 7.11 Å². The van der Waals surface area contributed by atoms with Crippen LogP contribution in [0.2, 0.25) is 0 Å². The van der Waals surface area contributed by atoms with E-state index in [4.69, 9.17) is 9.47 Å². The lowest BCUT2D eigenvalue weighted by Crippen LogP contribution is -2.56. The molecule has 0 fully saturated rings. The molecule has 29 heavy (non-hydrogen) atoms. The Kier molecular flexibility index (Phi) is 7.15. The van der Waals surface area contributed by atoms with Gasteiger partial charge < -0.3 is 19.7 Å². The summed E-state index contributed by atoms with van der Waals surface area (Å²) in [6.07, 6.45) is 4.75. The molecule has 0 saturated carbocycles. The molecule has 2 aromatic rings. The van der Waals surface area contributed by atoms with E-state index in [2.05, 4.69) is 12.2 Å². The SMILES string of the molecule is CCCCCCOc1ccc(C2(C)Nc3ccccc3C(=O)N2CCOC)cc1. The van der Waals surface area contributed by atoms with Gasteiger partial charge >= 0.3 is 0 Å². The molecule has 156 valence electrons. The third-order valence-electron chi connectivity index (χ3n) is 5.52. The molecule has 0 saturated heterocycles. The van der Waals surface area contributed by atoms with Crippen molar-refractivity contribution >= 4 is 11.6 Å². The number of carbonyl (C=O) groups is 1. The number of nitrogens with zero attached hydrogens (tertiary/aromatic N) is 1. The van der Waals surface area contributed by atoms with E-state index in [9.17, 15) is 4.79 Å². The normalized spacial score (nSPS) is 18.3. The van der Waals surface area contributed by atoms with Crippen LogP contribution in [0.4, 0.5) is 5.69 Å². The highest BCUT2D eigenvalue weighted by Gasteiger charge is 2.42. The van der Waals surface area contributed by atoms with Crippen LogP contribution >= 0.6 is 0 Å². The predicted molar refractivity (Wildman–Crippen MR) is 116 cm³/mol. The zero-order valence-electron chi connectivity index (χ0n) is 17.7. The Morgan fingerprint density at radius 1 is 1.00 bits per heavy atom. The lowest BCUT2D eigenvalue weighted by molar-refractivity contribution is 0.0438. The standard InChI is InChI=1S/C24H32N2O3/c1-4-5-6-9-17-29-20-14-12-19(13-15-20)24(2)25-22-11-8-7-10-21(22)23(27)26(24)16-18-28-3/h7-8,10-15,25H,4-6,9,16-18H2,1-3H3. The van der Waals surface area contributed by atoms with Gasteiger partial charge in [-0.25, -0.2) is 0 Å². The number of rotatable bonds is 10. The fourth-order valence-electron chi connectivity index (χ4n) is 3.79. The second-order valence-corrected chi connectivity index (χ2v) is 7.63. The molecular formula is C24H32N2O3. The fraction of sp³-hybridized carbons (Fsp3) is 0.458. The molecule has 0 aliphatic carbocycles. The molecule has 1 heterocycles. The van der Waals surface area contributed by atoms with Gasteiger partial charge in [0.2, 0.25) is 0 Å². The van der Waals surface area contributed by atoms with Crippen LogP contribution in [-0.4, -0.2) is 37.7 Å². The zero-order chi connectivity index (χ0) is 20.7. The maximum absolute atomic E-state index is 13.2. The van der Waals surface area contributed by atoms with Crippen LogP contribution in [0.1, 0.15) is 55.5 Å². The summed E-state index contributed by atoms with van der Waals surface area (Å²) < 4.78 is 11.1. The van der Waals surface area contributed by atoms with Gasteiger partial charge in [-0.1, -0.05) is 50.5 Å². The first kappa shape index (κ1) is 21.2. The first-order valence-corrected chi connectivity index (χ1v) is 10.5. The van der Waals surface area contributed by atoms with E-state index in [0.29, 0.717) is 18.7 Å². The Labute approximate surface area is 174 Å². The number of unbranched alkanes of at least 4 members (excludes halogenated alkanes) is 3. The topological polar surface area (TPSA) is 50.8 Å². The van der Waals surface area contributed by atoms with Gasteiger partial charge in [-0.15, -0.1) is 0 Å². The van der Waals surface area contributed by atoms with E-state index < -0.39 is 5.66 Å². The van der Waals surface area contributed by atoms with Gasteiger partial charge in [0.25, 0.3) is 5.91 Å². The van der Waals surface area contributed by atoms with Crippen LogP contribution in [0.15, 0.2) is 48.5 Å². The number of ether oxygens (including phenoxy) is 2. The van der Waals surface area contributed by atoms with E-state index in [1.807, 2.05) is 60.4 Å². The first-order chi connectivity index (χ1) is 14.1. The zero-order valence-corrected chi connectivity index (χ0v) is 17.7. The quantitative estimate of drug-likeness (QED) is 0.572. The molecular weight excluding hydrogens is 364 g/mol. The summed E-state index contributed by atoms with van der Waals surface area (Å²) in [6, 6.07) is 15.7. The van der Waals surface area contributed by atoms with Gasteiger partial charge in [0, 0.05) is 19.3 Å². The van der Waals surface area contributed by atoms with Gasteiger partial charge in [-0.05, 0) is 43.2 Å². The number of benzene rings is 2. The molecule has 0 radical (unpaired) electrons. The molecule has 0 bridgehead atoms. The largest absolute Gasteiger partial charge is 0.494 e. The van der Waals surface area contributed by atoms with E-state index >= 15 is 0 Å². The highest BCUT2D eigenvalue weighted by molar-refractivity contribution is 6.02. The predicted octanol–water partition coefficient (Wildman–Crippen LogP) is 5.03. The Balaban J connectivity index is 1.79. The molecule has 1 amide bonds. The Bertz CT molecular complexity index is 806. The Morgan fingerprint density at radius 2 is 1.76 bits per heavy atom.